The lowest BCUT2D eigenvalue weighted by Gasteiger charge is -2.39. The summed E-state index contributed by atoms with van der Waals surface area (Å²) in [5.74, 6) is 0.700. The summed E-state index contributed by atoms with van der Waals surface area (Å²) in [7, 11) is 1.58. The molecule has 4 nitrogen and oxygen atoms in total. The summed E-state index contributed by atoms with van der Waals surface area (Å²) >= 11 is 6.31. The van der Waals surface area contributed by atoms with Gasteiger partial charge in [-0.05, 0) is 36.8 Å². The monoisotopic (exact) mass is 346 g/mol. The van der Waals surface area contributed by atoms with Gasteiger partial charge in [0.2, 0.25) is 0 Å². The number of halogens is 1. The lowest BCUT2D eigenvalue weighted by molar-refractivity contribution is 0.198. The molecule has 0 aromatic heterocycles. The summed E-state index contributed by atoms with van der Waals surface area (Å²) in [5.41, 5.74) is 2.26. The number of phenolic OH excluding ortho intramolecular Hbond substituents is 1. The first-order chi connectivity index (χ1) is 11.6. The number of aromatic hydroxyl groups is 1. The summed E-state index contributed by atoms with van der Waals surface area (Å²) in [6.45, 7) is 6.02. The molecule has 1 fully saturated rings. The van der Waals surface area contributed by atoms with Crippen molar-refractivity contribution in [3.05, 3.63) is 53.1 Å². The maximum atomic E-state index is 9.76. The minimum absolute atomic E-state index is 0.178. The first-order valence-corrected chi connectivity index (χ1v) is 8.58. The van der Waals surface area contributed by atoms with Crippen molar-refractivity contribution in [3.8, 4) is 11.5 Å². The van der Waals surface area contributed by atoms with E-state index in [4.69, 9.17) is 16.3 Å². The number of piperazine rings is 1. The molecule has 0 spiro atoms. The summed E-state index contributed by atoms with van der Waals surface area (Å²) in [6, 6.07) is 13.9. The van der Waals surface area contributed by atoms with Gasteiger partial charge in [0.15, 0.2) is 11.5 Å². The van der Waals surface area contributed by atoms with Gasteiger partial charge in [0.05, 0.1) is 17.8 Å². The van der Waals surface area contributed by atoms with Crippen LogP contribution in [0.2, 0.25) is 5.02 Å². The smallest absolute Gasteiger partial charge is 0.160 e. The molecule has 1 aliphatic rings. The molecule has 1 aliphatic heterocycles. The van der Waals surface area contributed by atoms with Crippen LogP contribution in [0.1, 0.15) is 18.5 Å². The van der Waals surface area contributed by atoms with Gasteiger partial charge in [-0.25, -0.2) is 0 Å². The van der Waals surface area contributed by atoms with E-state index in [1.807, 2.05) is 30.3 Å². The van der Waals surface area contributed by atoms with E-state index in [1.165, 1.54) is 0 Å². The molecular formula is C19H23ClN2O2. The van der Waals surface area contributed by atoms with Gasteiger partial charge in [0.1, 0.15) is 0 Å². The van der Waals surface area contributed by atoms with Crippen LogP contribution < -0.4 is 9.64 Å². The number of methoxy groups -OCH3 is 1. The van der Waals surface area contributed by atoms with Crippen molar-refractivity contribution in [3.63, 3.8) is 0 Å². The Hall–Kier alpha value is -1.91. The summed E-state index contributed by atoms with van der Waals surface area (Å²) < 4.78 is 5.22. The predicted octanol–water partition coefficient (Wildman–Crippen LogP) is 3.94. The Morgan fingerprint density at radius 3 is 2.46 bits per heavy atom. The van der Waals surface area contributed by atoms with Crippen molar-refractivity contribution in [2.75, 3.05) is 38.2 Å². The first-order valence-electron chi connectivity index (χ1n) is 8.20. The molecule has 2 aromatic carbocycles. The molecule has 0 amide bonds. The van der Waals surface area contributed by atoms with E-state index < -0.39 is 0 Å². The lowest BCUT2D eigenvalue weighted by Crippen LogP contribution is -2.47. The molecule has 1 unspecified atom stereocenters. The zero-order chi connectivity index (χ0) is 17.1. The fourth-order valence-corrected chi connectivity index (χ4v) is 3.48. The molecule has 24 heavy (non-hydrogen) atoms. The maximum Gasteiger partial charge on any atom is 0.160 e. The van der Waals surface area contributed by atoms with Crippen molar-refractivity contribution >= 4 is 17.3 Å². The van der Waals surface area contributed by atoms with Crippen molar-refractivity contribution < 1.29 is 9.84 Å². The van der Waals surface area contributed by atoms with Crippen LogP contribution in [0.15, 0.2) is 42.5 Å². The molecule has 128 valence electrons. The van der Waals surface area contributed by atoms with Crippen LogP contribution >= 0.6 is 11.6 Å². The van der Waals surface area contributed by atoms with E-state index in [0.717, 1.165) is 42.5 Å². The number of para-hydroxylation sites is 1. The van der Waals surface area contributed by atoms with Gasteiger partial charge in [-0.3, -0.25) is 4.90 Å². The second kappa shape index (κ2) is 7.32. The molecule has 0 aliphatic carbocycles. The van der Waals surface area contributed by atoms with Crippen LogP contribution in [0, 0.1) is 0 Å². The number of nitrogens with zero attached hydrogens (tertiary/aromatic N) is 2. The second-order valence-electron chi connectivity index (χ2n) is 6.08. The fourth-order valence-electron chi connectivity index (χ4n) is 3.22. The first kappa shape index (κ1) is 16.9. The maximum absolute atomic E-state index is 9.76. The molecule has 1 heterocycles. The molecule has 1 saturated heterocycles. The Labute approximate surface area is 148 Å². The molecule has 2 aromatic rings. The number of benzene rings is 2. The molecule has 3 rings (SSSR count). The Morgan fingerprint density at radius 1 is 1.08 bits per heavy atom. The predicted molar refractivity (Wildman–Crippen MR) is 98.3 cm³/mol. The van der Waals surface area contributed by atoms with Crippen LogP contribution in [0.25, 0.3) is 0 Å². The van der Waals surface area contributed by atoms with Crippen molar-refractivity contribution in [2.24, 2.45) is 0 Å². The number of hydrogen-bond acceptors (Lipinski definition) is 4. The van der Waals surface area contributed by atoms with Gasteiger partial charge in [-0.1, -0.05) is 29.8 Å². The van der Waals surface area contributed by atoms with Crippen LogP contribution in [0.3, 0.4) is 0 Å². The number of anilines is 1. The number of hydrogen-bond donors (Lipinski definition) is 1. The third kappa shape index (κ3) is 3.45. The number of phenols is 1. The topological polar surface area (TPSA) is 35.9 Å². The van der Waals surface area contributed by atoms with Crippen LogP contribution in [-0.2, 0) is 0 Å². The van der Waals surface area contributed by atoms with Gasteiger partial charge < -0.3 is 14.7 Å². The normalized spacial score (nSPS) is 16.9. The van der Waals surface area contributed by atoms with Crippen LogP contribution in [0.4, 0.5) is 5.69 Å². The van der Waals surface area contributed by atoms with E-state index in [9.17, 15) is 5.11 Å². The van der Waals surface area contributed by atoms with Crippen LogP contribution in [-0.4, -0.2) is 43.3 Å². The van der Waals surface area contributed by atoms with E-state index in [-0.39, 0.29) is 11.8 Å². The molecule has 0 bridgehead atoms. The minimum Gasteiger partial charge on any atom is -0.504 e. The SMILES string of the molecule is COc1cc(C(C)N2CCN(c3ccccc3Cl)CC2)ccc1O. The number of rotatable bonds is 4. The van der Waals surface area contributed by atoms with Crippen molar-refractivity contribution in [1.29, 1.82) is 0 Å². The average Bonchev–Trinajstić information content (AvgIpc) is 2.62. The largest absolute Gasteiger partial charge is 0.504 e. The highest BCUT2D eigenvalue weighted by atomic mass is 35.5. The Bertz CT molecular complexity index is 700. The zero-order valence-electron chi connectivity index (χ0n) is 14.1. The molecule has 5 heteroatoms. The molecule has 0 radical (unpaired) electrons. The Morgan fingerprint density at radius 2 is 1.79 bits per heavy atom. The fraction of sp³-hybridized carbons (Fsp3) is 0.368. The van der Waals surface area contributed by atoms with E-state index in [0.29, 0.717) is 5.75 Å². The zero-order valence-corrected chi connectivity index (χ0v) is 14.8. The molecular weight excluding hydrogens is 324 g/mol. The molecule has 1 N–H and O–H groups in total. The second-order valence-corrected chi connectivity index (χ2v) is 6.49. The molecule has 0 saturated carbocycles. The Balaban J connectivity index is 1.67. The van der Waals surface area contributed by atoms with Crippen molar-refractivity contribution in [1.82, 2.24) is 4.90 Å². The van der Waals surface area contributed by atoms with Gasteiger partial charge in [-0.2, -0.15) is 0 Å². The van der Waals surface area contributed by atoms with Gasteiger partial charge in [-0.15, -0.1) is 0 Å². The van der Waals surface area contributed by atoms with E-state index in [2.05, 4.69) is 22.8 Å². The van der Waals surface area contributed by atoms with Gasteiger partial charge in [0, 0.05) is 32.2 Å². The van der Waals surface area contributed by atoms with E-state index >= 15 is 0 Å². The Kier molecular flexibility index (Phi) is 5.17. The third-order valence-corrected chi connectivity index (χ3v) is 5.06. The van der Waals surface area contributed by atoms with Gasteiger partial charge in [0.25, 0.3) is 0 Å². The summed E-state index contributed by atoms with van der Waals surface area (Å²) in [4.78, 5) is 4.78. The quantitative estimate of drug-likeness (QED) is 0.909. The lowest BCUT2D eigenvalue weighted by atomic mass is 10.1. The molecule has 1 atom stereocenters. The number of ether oxygens (including phenoxy) is 1. The minimum atomic E-state index is 0.178. The highest BCUT2D eigenvalue weighted by molar-refractivity contribution is 6.33. The highest BCUT2D eigenvalue weighted by Gasteiger charge is 2.23. The third-order valence-electron chi connectivity index (χ3n) is 4.74. The van der Waals surface area contributed by atoms with Crippen LogP contribution in [0.5, 0.6) is 11.5 Å². The summed E-state index contributed by atoms with van der Waals surface area (Å²) in [5, 5.41) is 10.6. The van der Waals surface area contributed by atoms with Crippen molar-refractivity contribution in [2.45, 2.75) is 13.0 Å². The summed E-state index contributed by atoms with van der Waals surface area (Å²) in [6.07, 6.45) is 0. The van der Waals surface area contributed by atoms with Gasteiger partial charge >= 0.3 is 0 Å². The van der Waals surface area contributed by atoms with E-state index in [1.54, 1.807) is 13.2 Å². The average molecular weight is 347 g/mol. The highest BCUT2D eigenvalue weighted by Crippen LogP contribution is 2.32. The standard InChI is InChI=1S/C19H23ClN2O2/c1-14(15-7-8-18(23)19(13-15)24-2)21-9-11-22(12-10-21)17-6-4-3-5-16(17)20/h3-8,13-14,23H,9-12H2,1-2H3.